The number of esters is 2. The molecule has 4 rings (SSSR count). The Morgan fingerprint density at radius 3 is 1.62 bits per heavy atom. The SMILES string of the molecule is C=C(C)C(=O)O/C(C)=C(\COc1ccc(SC)cc1)Oc1ccc(-c2ccc(OCC(C)(COc3ccc(SC)cc3)OC(=O)C(=C)C)c([N+](=O)[O-])c2)cc1[N+](=O)[O-]. The largest absolute Gasteiger partial charge is 0.489 e. The monoisotopic (exact) mass is 830 g/mol. The Kier molecular flexibility index (Phi) is 15.5. The number of hydrogen-bond acceptors (Lipinski definition) is 14. The van der Waals surface area contributed by atoms with Crippen LogP contribution in [0, 0.1) is 20.2 Å². The van der Waals surface area contributed by atoms with Crippen LogP contribution in [0.3, 0.4) is 0 Å². The lowest BCUT2D eigenvalue weighted by Gasteiger charge is -2.29. The van der Waals surface area contributed by atoms with E-state index in [2.05, 4.69) is 13.2 Å². The number of rotatable bonds is 20. The highest BCUT2D eigenvalue weighted by Crippen LogP contribution is 2.38. The second kappa shape index (κ2) is 20.2. The average Bonchev–Trinajstić information content (AvgIpc) is 3.20. The molecule has 0 amide bonds. The molecular weight excluding hydrogens is 789 g/mol. The Hall–Kier alpha value is -6.26. The van der Waals surface area contributed by atoms with Crippen LogP contribution in [0.2, 0.25) is 0 Å². The van der Waals surface area contributed by atoms with Gasteiger partial charge in [0.25, 0.3) is 0 Å². The third kappa shape index (κ3) is 12.4. The van der Waals surface area contributed by atoms with Crippen molar-refractivity contribution in [1.29, 1.82) is 0 Å². The quantitative estimate of drug-likeness (QED) is 0.0205. The van der Waals surface area contributed by atoms with Crippen molar-refractivity contribution in [3.05, 3.63) is 141 Å². The summed E-state index contributed by atoms with van der Waals surface area (Å²) in [4.78, 5) is 50.3. The van der Waals surface area contributed by atoms with E-state index in [1.807, 2.05) is 36.8 Å². The zero-order valence-electron chi connectivity index (χ0n) is 32.7. The van der Waals surface area contributed by atoms with Gasteiger partial charge in [0.05, 0.1) is 9.85 Å². The van der Waals surface area contributed by atoms with Crippen molar-refractivity contribution in [3.8, 4) is 34.1 Å². The zero-order valence-corrected chi connectivity index (χ0v) is 34.4. The zero-order chi connectivity index (χ0) is 42.6. The highest BCUT2D eigenvalue weighted by Gasteiger charge is 2.33. The fraction of sp³-hybridized carbons (Fsp3) is 0.238. The molecule has 4 aromatic rings. The standard InChI is InChI=1S/C42H42N2O12S2/c1-26(2)40(45)54-28(5)39(23-51-31-11-15-33(57-7)16-12-31)55-38-20-10-30(22-36(38)44(49)50)29-9-19-37(35(21-29)43(47)48)53-25-42(6,56-41(46)27(3)4)24-52-32-13-17-34(58-8)18-14-32/h9-22H,1,3,23-25H2,2,4-8H3/b39-28+. The summed E-state index contributed by atoms with van der Waals surface area (Å²) in [6.07, 6.45) is 3.87. The summed E-state index contributed by atoms with van der Waals surface area (Å²) in [5.41, 5.74) is -1.59. The number of ether oxygens (including phenoxy) is 6. The number of carbonyl (C=O) groups is 2. The van der Waals surface area contributed by atoms with Crippen LogP contribution in [-0.4, -0.2) is 59.7 Å². The normalized spacial score (nSPS) is 12.2. The first-order valence-corrected chi connectivity index (χ1v) is 19.8. The van der Waals surface area contributed by atoms with E-state index >= 15 is 0 Å². The minimum Gasteiger partial charge on any atom is -0.489 e. The van der Waals surface area contributed by atoms with Gasteiger partial charge in [-0.05, 0) is 112 Å². The molecule has 16 heteroatoms. The second-order valence-electron chi connectivity index (χ2n) is 13.0. The summed E-state index contributed by atoms with van der Waals surface area (Å²) >= 11 is 3.11. The minimum absolute atomic E-state index is 0.0137. The maximum Gasteiger partial charge on any atom is 0.338 e. The van der Waals surface area contributed by atoms with Gasteiger partial charge >= 0.3 is 23.3 Å². The lowest BCUT2D eigenvalue weighted by atomic mass is 10.0. The molecule has 58 heavy (non-hydrogen) atoms. The Balaban J connectivity index is 1.61. The molecule has 0 bridgehead atoms. The van der Waals surface area contributed by atoms with Crippen molar-refractivity contribution in [2.75, 3.05) is 32.3 Å². The van der Waals surface area contributed by atoms with Crippen molar-refractivity contribution < 1.29 is 47.9 Å². The van der Waals surface area contributed by atoms with Gasteiger partial charge in [0.1, 0.15) is 37.1 Å². The molecule has 0 spiro atoms. The summed E-state index contributed by atoms with van der Waals surface area (Å²) in [5, 5.41) is 24.7. The minimum atomic E-state index is -1.41. The molecule has 0 fully saturated rings. The smallest absolute Gasteiger partial charge is 0.338 e. The third-order valence-electron chi connectivity index (χ3n) is 8.12. The predicted octanol–water partition coefficient (Wildman–Crippen LogP) is 9.76. The van der Waals surface area contributed by atoms with Crippen molar-refractivity contribution in [3.63, 3.8) is 0 Å². The van der Waals surface area contributed by atoms with E-state index in [0.29, 0.717) is 11.5 Å². The molecule has 304 valence electrons. The summed E-state index contributed by atoms with van der Waals surface area (Å²) in [7, 11) is 0. The molecule has 0 saturated heterocycles. The molecule has 0 N–H and O–H groups in total. The van der Waals surface area contributed by atoms with E-state index in [9.17, 15) is 29.8 Å². The lowest BCUT2D eigenvalue weighted by Crippen LogP contribution is -2.43. The first-order valence-electron chi connectivity index (χ1n) is 17.4. The van der Waals surface area contributed by atoms with Gasteiger partial charge in [0, 0.05) is 33.1 Å². The van der Waals surface area contributed by atoms with Crippen LogP contribution in [0.4, 0.5) is 11.4 Å². The molecule has 0 aromatic heterocycles. The maximum absolute atomic E-state index is 12.6. The molecule has 1 atom stereocenters. The summed E-state index contributed by atoms with van der Waals surface area (Å²) in [5.74, 6) is -0.861. The molecule has 0 saturated carbocycles. The van der Waals surface area contributed by atoms with Crippen LogP contribution in [0.1, 0.15) is 27.7 Å². The lowest BCUT2D eigenvalue weighted by molar-refractivity contribution is -0.386. The maximum atomic E-state index is 12.6. The van der Waals surface area contributed by atoms with E-state index in [0.717, 1.165) is 9.79 Å². The summed E-state index contributed by atoms with van der Waals surface area (Å²) in [6, 6.07) is 22.5. The molecular formula is C42H42N2O12S2. The molecule has 0 aliphatic rings. The summed E-state index contributed by atoms with van der Waals surface area (Å²) < 4.78 is 34.7. The van der Waals surface area contributed by atoms with Crippen LogP contribution >= 0.6 is 23.5 Å². The fourth-order valence-corrected chi connectivity index (χ4v) is 5.69. The third-order valence-corrected chi connectivity index (χ3v) is 9.61. The first-order chi connectivity index (χ1) is 27.5. The number of thioether (sulfide) groups is 2. The van der Waals surface area contributed by atoms with E-state index < -0.39 is 38.8 Å². The summed E-state index contributed by atoms with van der Waals surface area (Å²) in [6.45, 7) is 12.4. The Bertz CT molecular complexity index is 2220. The average molecular weight is 831 g/mol. The second-order valence-corrected chi connectivity index (χ2v) is 14.7. The van der Waals surface area contributed by atoms with Gasteiger partial charge in [-0.3, -0.25) is 20.2 Å². The number of nitrogens with zero attached hydrogens (tertiary/aromatic N) is 2. The Morgan fingerprint density at radius 1 is 0.672 bits per heavy atom. The highest BCUT2D eigenvalue weighted by molar-refractivity contribution is 7.98. The van der Waals surface area contributed by atoms with Crippen LogP contribution < -0.4 is 18.9 Å². The first kappa shape index (κ1) is 44.5. The Labute approximate surface area is 344 Å². The molecule has 0 radical (unpaired) electrons. The molecule has 0 aliphatic carbocycles. The molecule has 4 aromatic carbocycles. The van der Waals surface area contributed by atoms with E-state index in [1.165, 1.54) is 57.2 Å². The van der Waals surface area contributed by atoms with Crippen molar-refractivity contribution in [2.45, 2.75) is 43.1 Å². The number of benzene rings is 4. The molecule has 0 heterocycles. The van der Waals surface area contributed by atoms with E-state index in [4.69, 9.17) is 28.4 Å². The van der Waals surface area contributed by atoms with Gasteiger partial charge in [-0.2, -0.15) is 0 Å². The van der Waals surface area contributed by atoms with Gasteiger partial charge in [-0.1, -0.05) is 25.3 Å². The van der Waals surface area contributed by atoms with Crippen LogP contribution in [0.15, 0.2) is 131 Å². The number of carbonyl (C=O) groups excluding carboxylic acids is 2. The molecule has 0 aliphatic heterocycles. The van der Waals surface area contributed by atoms with E-state index in [1.54, 1.807) is 54.7 Å². The molecule has 14 nitrogen and oxygen atoms in total. The van der Waals surface area contributed by atoms with Crippen LogP contribution in [0.25, 0.3) is 11.1 Å². The van der Waals surface area contributed by atoms with Gasteiger partial charge in [0.15, 0.2) is 17.1 Å². The number of allylic oxidation sites excluding steroid dienone is 1. The van der Waals surface area contributed by atoms with Gasteiger partial charge in [0.2, 0.25) is 5.75 Å². The Morgan fingerprint density at radius 2 is 1.14 bits per heavy atom. The van der Waals surface area contributed by atoms with Crippen LogP contribution in [-0.2, 0) is 19.1 Å². The number of nitro benzene ring substituents is 2. The molecule has 1 unspecified atom stereocenters. The number of hydrogen-bond donors (Lipinski definition) is 0. The van der Waals surface area contributed by atoms with Crippen molar-refractivity contribution in [2.24, 2.45) is 0 Å². The topological polar surface area (TPSA) is 176 Å². The van der Waals surface area contributed by atoms with Crippen molar-refractivity contribution >= 4 is 46.8 Å². The highest BCUT2D eigenvalue weighted by atomic mass is 32.2. The predicted molar refractivity (Wildman–Crippen MR) is 222 cm³/mol. The number of nitro groups is 2. The van der Waals surface area contributed by atoms with Gasteiger partial charge < -0.3 is 28.4 Å². The van der Waals surface area contributed by atoms with Gasteiger partial charge in [-0.15, -0.1) is 23.5 Å². The van der Waals surface area contributed by atoms with Crippen molar-refractivity contribution in [1.82, 2.24) is 0 Å². The van der Waals surface area contributed by atoms with E-state index in [-0.39, 0.29) is 65.1 Å². The van der Waals surface area contributed by atoms with Gasteiger partial charge in [-0.25, -0.2) is 9.59 Å². The fourth-order valence-electron chi connectivity index (χ4n) is 4.88. The van der Waals surface area contributed by atoms with Crippen LogP contribution in [0.5, 0.6) is 23.0 Å².